The number of alkyl carbamates (subject to hydrolysis) is 1. The van der Waals surface area contributed by atoms with Crippen molar-refractivity contribution in [3.05, 3.63) is 0 Å². The molecule has 0 unspecified atom stereocenters. The first kappa shape index (κ1) is 17.1. The quantitative estimate of drug-likeness (QED) is 0.742. The lowest BCUT2D eigenvalue weighted by atomic mass is 9.53. The summed E-state index contributed by atoms with van der Waals surface area (Å²) in [5, 5.41) is 12.8. The fraction of sp³-hybridized carbons (Fsp3) is 0.875. The molecule has 0 heterocycles. The number of nitrogens with one attached hydrogen (secondary N) is 1. The number of amides is 1. The fourth-order valence-corrected chi connectivity index (χ4v) is 3.78. The summed E-state index contributed by atoms with van der Waals surface area (Å²) >= 11 is 0. The Morgan fingerprint density at radius 1 is 1.18 bits per heavy atom. The van der Waals surface area contributed by atoms with Crippen molar-refractivity contribution in [2.75, 3.05) is 0 Å². The molecule has 0 bridgehead atoms. The number of aliphatic carboxylic acids is 1. The molecular formula is C16H28N2O4. The van der Waals surface area contributed by atoms with Gasteiger partial charge in [-0.25, -0.2) is 4.79 Å². The highest BCUT2D eigenvalue weighted by Gasteiger charge is 2.61. The third-order valence-electron chi connectivity index (χ3n) is 5.16. The maximum atomic E-state index is 12.2. The Hall–Kier alpha value is -1.30. The summed E-state index contributed by atoms with van der Waals surface area (Å²) in [4.78, 5) is 24.2. The number of carbonyl (C=O) groups is 2. The summed E-state index contributed by atoms with van der Waals surface area (Å²) in [5.41, 5.74) is 3.73. The number of carbonyl (C=O) groups excluding carboxylic acids is 1. The summed E-state index contributed by atoms with van der Waals surface area (Å²) < 4.78 is 5.34. The minimum Gasteiger partial charge on any atom is -0.481 e. The lowest BCUT2D eigenvalue weighted by molar-refractivity contribution is -0.162. The number of hydrogen-bond acceptors (Lipinski definition) is 4. The zero-order valence-electron chi connectivity index (χ0n) is 13.8. The van der Waals surface area contributed by atoms with Crippen LogP contribution in [0, 0.1) is 5.41 Å². The van der Waals surface area contributed by atoms with Crippen molar-refractivity contribution < 1.29 is 19.4 Å². The van der Waals surface area contributed by atoms with Gasteiger partial charge < -0.3 is 20.9 Å². The Morgan fingerprint density at radius 3 is 2.09 bits per heavy atom. The number of rotatable bonds is 3. The number of carboxylic acids is 1. The van der Waals surface area contributed by atoms with Crippen molar-refractivity contribution in [2.45, 2.75) is 82.9 Å². The highest BCUT2D eigenvalue weighted by atomic mass is 16.6. The fourth-order valence-electron chi connectivity index (χ4n) is 3.78. The predicted molar refractivity (Wildman–Crippen MR) is 82.5 cm³/mol. The van der Waals surface area contributed by atoms with E-state index in [0.29, 0.717) is 38.5 Å². The van der Waals surface area contributed by atoms with Crippen molar-refractivity contribution in [3.8, 4) is 0 Å². The molecule has 0 radical (unpaired) electrons. The van der Waals surface area contributed by atoms with E-state index in [4.69, 9.17) is 10.5 Å². The second-order valence-electron chi connectivity index (χ2n) is 7.79. The van der Waals surface area contributed by atoms with E-state index in [0.717, 1.165) is 6.42 Å². The van der Waals surface area contributed by atoms with Gasteiger partial charge in [0, 0.05) is 6.04 Å². The van der Waals surface area contributed by atoms with Crippen LogP contribution in [0.4, 0.5) is 4.79 Å². The SMILES string of the molecule is CC(C)(C)OC(=O)NC1(C2(C(=O)O)CCC(N)CC2)CCC1. The van der Waals surface area contributed by atoms with Crippen molar-refractivity contribution in [1.29, 1.82) is 0 Å². The number of ether oxygens (including phenoxy) is 1. The second kappa shape index (κ2) is 5.72. The molecule has 0 aromatic carbocycles. The average Bonchev–Trinajstić information content (AvgIpc) is 2.33. The van der Waals surface area contributed by atoms with Crippen LogP contribution in [0.1, 0.15) is 65.7 Å². The topological polar surface area (TPSA) is 102 Å². The molecule has 2 aliphatic rings. The van der Waals surface area contributed by atoms with Crippen LogP contribution in [0.3, 0.4) is 0 Å². The third kappa shape index (κ3) is 3.07. The Labute approximate surface area is 131 Å². The van der Waals surface area contributed by atoms with Gasteiger partial charge in [-0.2, -0.15) is 0 Å². The monoisotopic (exact) mass is 312 g/mol. The predicted octanol–water partition coefficient (Wildman–Crippen LogP) is 2.41. The minimum atomic E-state index is -0.919. The van der Waals surface area contributed by atoms with Gasteiger partial charge in [0.05, 0.1) is 11.0 Å². The molecule has 2 rings (SSSR count). The van der Waals surface area contributed by atoms with Gasteiger partial charge >= 0.3 is 12.1 Å². The van der Waals surface area contributed by atoms with Crippen LogP contribution < -0.4 is 11.1 Å². The molecular weight excluding hydrogens is 284 g/mol. The van der Waals surface area contributed by atoms with Crippen molar-refractivity contribution in [3.63, 3.8) is 0 Å². The van der Waals surface area contributed by atoms with E-state index in [-0.39, 0.29) is 6.04 Å². The van der Waals surface area contributed by atoms with Crippen molar-refractivity contribution in [2.24, 2.45) is 11.1 Å². The van der Waals surface area contributed by atoms with E-state index in [1.165, 1.54) is 0 Å². The Bertz CT molecular complexity index is 444. The van der Waals surface area contributed by atoms with Crippen LogP contribution in [0.25, 0.3) is 0 Å². The van der Waals surface area contributed by atoms with Gasteiger partial charge in [-0.05, 0) is 65.7 Å². The lowest BCUT2D eigenvalue weighted by Gasteiger charge is -2.55. The molecule has 1 amide bonds. The summed E-state index contributed by atoms with van der Waals surface area (Å²) in [5.74, 6) is -0.824. The van der Waals surface area contributed by atoms with Crippen molar-refractivity contribution in [1.82, 2.24) is 5.32 Å². The minimum absolute atomic E-state index is 0.0612. The summed E-state index contributed by atoms with van der Waals surface area (Å²) in [7, 11) is 0. The van der Waals surface area contributed by atoms with Crippen LogP contribution in [0.5, 0.6) is 0 Å². The van der Waals surface area contributed by atoms with Gasteiger partial charge in [0.15, 0.2) is 0 Å². The first-order valence-corrected chi connectivity index (χ1v) is 8.10. The largest absolute Gasteiger partial charge is 0.481 e. The van der Waals surface area contributed by atoms with Gasteiger partial charge in [-0.3, -0.25) is 4.79 Å². The zero-order valence-corrected chi connectivity index (χ0v) is 13.8. The standard InChI is InChI=1S/C16H28N2O4/c1-14(2,3)22-13(21)18-16(7-4-8-16)15(12(19)20)9-5-11(17)6-10-15/h11H,4-10,17H2,1-3H3,(H,18,21)(H,19,20). The van der Waals surface area contributed by atoms with Gasteiger partial charge in [0.2, 0.25) is 0 Å². The van der Waals surface area contributed by atoms with Gasteiger partial charge in [0.25, 0.3) is 0 Å². The maximum absolute atomic E-state index is 12.2. The molecule has 2 saturated carbocycles. The molecule has 2 aliphatic carbocycles. The van der Waals surface area contributed by atoms with E-state index in [2.05, 4.69) is 5.32 Å². The Morgan fingerprint density at radius 2 is 1.73 bits per heavy atom. The molecule has 0 aromatic rings. The molecule has 0 atom stereocenters. The van der Waals surface area contributed by atoms with Crippen LogP contribution in [-0.2, 0) is 9.53 Å². The van der Waals surface area contributed by atoms with Gasteiger partial charge in [-0.15, -0.1) is 0 Å². The van der Waals surface area contributed by atoms with E-state index in [1.807, 2.05) is 0 Å². The smallest absolute Gasteiger partial charge is 0.408 e. The van der Waals surface area contributed by atoms with Gasteiger partial charge in [0.1, 0.15) is 5.60 Å². The number of nitrogens with two attached hydrogens (primary N) is 1. The number of hydrogen-bond donors (Lipinski definition) is 3. The molecule has 4 N–H and O–H groups in total. The van der Waals surface area contributed by atoms with Crippen LogP contribution in [-0.4, -0.2) is 34.4 Å². The molecule has 0 spiro atoms. The third-order valence-corrected chi connectivity index (χ3v) is 5.16. The zero-order chi connectivity index (χ0) is 16.6. The van der Waals surface area contributed by atoms with Crippen LogP contribution in [0.2, 0.25) is 0 Å². The van der Waals surface area contributed by atoms with Crippen LogP contribution >= 0.6 is 0 Å². The summed E-state index contributed by atoms with van der Waals surface area (Å²) in [6.07, 6.45) is 4.17. The lowest BCUT2D eigenvalue weighted by Crippen LogP contribution is -2.68. The molecule has 126 valence electrons. The molecule has 2 fully saturated rings. The Kier molecular flexibility index (Phi) is 4.44. The average molecular weight is 312 g/mol. The van der Waals surface area contributed by atoms with E-state index in [1.54, 1.807) is 20.8 Å². The van der Waals surface area contributed by atoms with E-state index < -0.39 is 28.6 Å². The van der Waals surface area contributed by atoms with Crippen molar-refractivity contribution >= 4 is 12.1 Å². The van der Waals surface area contributed by atoms with E-state index in [9.17, 15) is 14.7 Å². The molecule has 0 aliphatic heterocycles. The number of carboxylic acid groups (broad SMARTS) is 1. The van der Waals surface area contributed by atoms with Gasteiger partial charge in [-0.1, -0.05) is 0 Å². The highest BCUT2D eigenvalue weighted by molar-refractivity contribution is 5.79. The maximum Gasteiger partial charge on any atom is 0.408 e. The molecule has 0 saturated heterocycles. The molecule has 6 nitrogen and oxygen atoms in total. The Balaban J connectivity index is 2.20. The normalized spacial score (nSPS) is 31.0. The summed E-state index contributed by atoms with van der Waals surface area (Å²) in [6, 6.07) is 0.0612. The summed E-state index contributed by atoms with van der Waals surface area (Å²) in [6.45, 7) is 5.39. The molecule has 0 aromatic heterocycles. The second-order valence-corrected chi connectivity index (χ2v) is 7.79. The first-order chi connectivity index (χ1) is 10.1. The molecule has 22 heavy (non-hydrogen) atoms. The first-order valence-electron chi connectivity index (χ1n) is 8.10. The molecule has 6 heteroatoms. The van der Waals surface area contributed by atoms with E-state index >= 15 is 0 Å². The highest BCUT2D eigenvalue weighted by Crippen LogP contribution is 2.54. The van der Waals surface area contributed by atoms with Crippen LogP contribution in [0.15, 0.2) is 0 Å².